The normalized spacial score (nSPS) is 19.8. The molecule has 2 aromatic rings. The van der Waals surface area contributed by atoms with E-state index in [2.05, 4.69) is 36.6 Å². The van der Waals surface area contributed by atoms with Crippen LogP contribution in [0.5, 0.6) is 0 Å². The van der Waals surface area contributed by atoms with Crippen molar-refractivity contribution in [2.75, 3.05) is 0 Å². The summed E-state index contributed by atoms with van der Waals surface area (Å²) >= 11 is 3.52. The number of aryl methyl sites for hydroxylation is 1. The summed E-state index contributed by atoms with van der Waals surface area (Å²) in [5.41, 5.74) is 5.79. The largest absolute Gasteiger partial charge is 0.387 e. The van der Waals surface area contributed by atoms with Crippen LogP contribution in [0.15, 0.2) is 41.6 Å². The summed E-state index contributed by atoms with van der Waals surface area (Å²) in [5, 5.41) is 4.01. The van der Waals surface area contributed by atoms with Crippen LogP contribution < -0.4 is 5.73 Å². The molecular formula is C13H14N2OS2. The maximum Gasteiger partial charge on any atom is 0.207 e. The number of hydrogen-bond acceptors (Lipinski definition) is 5. The van der Waals surface area contributed by atoms with Gasteiger partial charge in [0.05, 0.1) is 6.54 Å². The molecular weight excluding hydrogens is 264 g/mol. The molecule has 3 nitrogen and oxygen atoms in total. The van der Waals surface area contributed by atoms with E-state index in [-0.39, 0.29) is 6.04 Å². The lowest BCUT2D eigenvalue weighted by atomic mass is 10.2. The van der Waals surface area contributed by atoms with Crippen LogP contribution in [0, 0.1) is 6.92 Å². The summed E-state index contributed by atoms with van der Waals surface area (Å²) in [4.78, 5) is 9.44. The fourth-order valence-corrected chi connectivity index (χ4v) is 3.63. The lowest BCUT2D eigenvalue weighted by molar-refractivity contribution is -0.126. The fourth-order valence-electron chi connectivity index (χ4n) is 1.98. The first-order valence-corrected chi connectivity index (χ1v) is 7.42. The van der Waals surface area contributed by atoms with E-state index < -0.39 is 0 Å². The second-order valence-corrected chi connectivity index (χ2v) is 6.56. The van der Waals surface area contributed by atoms with Crippen LogP contribution in [0.3, 0.4) is 0 Å². The van der Waals surface area contributed by atoms with Gasteiger partial charge >= 0.3 is 0 Å². The number of nitrogens with zero attached hydrogens (tertiary/aromatic N) is 1. The van der Waals surface area contributed by atoms with Gasteiger partial charge < -0.3 is 10.6 Å². The van der Waals surface area contributed by atoms with Crippen LogP contribution in [-0.4, -0.2) is 5.06 Å². The van der Waals surface area contributed by atoms with Crippen molar-refractivity contribution in [2.24, 2.45) is 5.73 Å². The van der Waals surface area contributed by atoms with Gasteiger partial charge in [-0.3, -0.25) is 0 Å². The van der Waals surface area contributed by atoms with Crippen molar-refractivity contribution < 1.29 is 4.84 Å². The molecule has 3 heterocycles. The van der Waals surface area contributed by atoms with E-state index in [1.807, 2.05) is 11.1 Å². The van der Waals surface area contributed by atoms with Gasteiger partial charge in [0, 0.05) is 20.7 Å². The van der Waals surface area contributed by atoms with Crippen molar-refractivity contribution in [3.05, 3.63) is 56.2 Å². The Morgan fingerprint density at radius 2 is 2.28 bits per heavy atom. The van der Waals surface area contributed by atoms with Gasteiger partial charge in [-0.2, -0.15) is 0 Å². The van der Waals surface area contributed by atoms with E-state index in [0.29, 0.717) is 5.88 Å². The number of hydrogen-bond donors (Lipinski definition) is 1. The molecule has 0 amide bonds. The van der Waals surface area contributed by atoms with Crippen molar-refractivity contribution in [3.8, 4) is 0 Å². The monoisotopic (exact) mass is 278 g/mol. The van der Waals surface area contributed by atoms with Crippen molar-refractivity contribution in [1.29, 1.82) is 0 Å². The first kappa shape index (κ1) is 11.8. The Kier molecular flexibility index (Phi) is 3.11. The zero-order chi connectivity index (χ0) is 12.5. The Balaban J connectivity index is 1.82. The maximum absolute atomic E-state index is 5.79. The average molecular weight is 278 g/mol. The molecule has 0 radical (unpaired) electrons. The van der Waals surface area contributed by atoms with Gasteiger partial charge in [-0.05, 0) is 30.5 Å². The second kappa shape index (κ2) is 4.76. The molecule has 5 heteroatoms. The third kappa shape index (κ3) is 2.29. The van der Waals surface area contributed by atoms with Gasteiger partial charge in [0.25, 0.3) is 0 Å². The van der Waals surface area contributed by atoms with E-state index in [0.717, 1.165) is 6.54 Å². The molecule has 0 aliphatic carbocycles. The van der Waals surface area contributed by atoms with Crippen LogP contribution in [0.2, 0.25) is 0 Å². The van der Waals surface area contributed by atoms with E-state index in [1.54, 1.807) is 22.7 Å². The standard InChI is InChI=1S/C13H14N2OS2/c1-9-4-5-12(18-9)11-7-13(14)16-15(11)8-10-3-2-6-17-10/h2-7,11H,8,14H2,1H3. The number of hydroxylamine groups is 2. The molecule has 3 rings (SSSR count). The molecule has 0 bridgehead atoms. The summed E-state index contributed by atoms with van der Waals surface area (Å²) in [6.45, 7) is 2.87. The van der Waals surface area contributed by atoms with Crippen molar-refractivity contribution in [2.45, 2.75) is 19.5 Å². The van der Waals surface area contributed by atoms with E-state index in [1.165, 1.54) is 14.6 Å². The summed E-state index contributed by atoms with van der Waals surface area (Å²) < 4.78 is 0. The predicted octanol–water partition coefficient (Wildman–Crippen LogP) is 3.41. The van der Waals surface area contributed by atoms with E-state index in [4.69, 9.17) is 10.6 Å². The number of nitrogens with two attached hydrogens (primary N) is 1. The molecule has 1 unspecified atom stereocenters. The van der Waals surface area contributed by atoms with Gasteiger partial charge in [-0.15, -0.1) is 27.7 Å². The Bertz CT molecular complexity index is 559. The van der Waals surface area contributed by atoms with Gasteiger partial charge in [0.1, 0.15) is 6.04 Å². The van der Waals surface area contributed by atoms with Crippen molar-refractivity contribution >= 4 is 22.7 Å². The fraction of sp³-hybridized carbons (Fsp3) is 0.231. The summed E-state index contributed by atoms with van der Waals surface area (Å²) in [6, 6.07) is 8.57. The average Bonchev–Trinajstić information content (AvgIpc) is 3.01. The predicted molar refractivity (Wildman–Crippen MR) is 75.0 cm³/mol. The third-order valence-electron chi connectivity index (χ3n) is 2.80. The smallest absolute Gasteiger partial charge is 0.207 e. The van der Waals surface area contributed by atoms with Crippen molar-refractivity contribution in [1.82, 2.24) is 5.06 Å². The molecule has 0 spiro atoms. The maximum atomic E-state index is 5.79. The van der Waals surface area contributed by atoms with Gasteiger partial charge in [0.2, 0.25) is 5.88 Å². The Morgan fingerprint density at radius 1 is 1.39 bits per heavy atom. The molecule has 2 aromatic heterocycles. The lowest BCUT2D eigenvalue weighted by Gasteiger charge is -2.20. The Hall–Kier alpha value is -1.30. The highest BCUT2D eigenvalue weighted by Crippen LogP contribution is 2.35. The van der Waals surface area contributed by atoms with Crippen LogP contribution in [0.1, 0.15) is 20.7 Å². The molecule has 94 valence electrons. The van der Waals surface area contributed by atoms with Crippen LogP contribution >= 0.6 is 22.7 Å². The summed E-state index contributed by atoms with van der Waals surface area (Å²) in [6.07, 6.45) is 1.97. The molecule has 0 saturated heterocycles. The van der Waals surface area contributed by atoms with Gasteiger partial charge in [-0.25, -0.2) is 0 Å². The molecule has 0 aromatic carbocycles. The van der Waals surface area contributed by atoms with Gasteiger partial charge in [0.15, 0.2) is 0 Å². The van der Waals surface area contributed by atoms with E-state index in [9.17, 15) is 0 Å². The zero-order valence-corrected chi connectivity index (χ0v) is 11.6. The van der Waals surface area contributed by atoms with Crippen LogP contribution in [0.4, 0.5) is 0 Å². The highest BCUT2D eigenvalue weighted by molar-refractivity contribution is 7.12. The number of thiophene rings is 2. The molecule has 0 saturated carbocycles. The van der Waals surface area contributed by atoms with E-state index >= 15 is 0 Å². The molecule has 2 N–H and O–H groups in total. The van der Waals surface area contributed by atoms with Crippen LogP contribution in [0.25, 0.3) is 0 Å². The minimum absolute atomic E-state index is 0.130. The molecule has 1 aliphatic heterocycles. The topological polar surface area (TPSA) is 38.5 Å². The Labute approximate surface area is 114 Å². The minimum Gasteiger partial charge on any atom is -0.387 e. The third-order valence-corrected chi connectivity index (χ3v) is 4.73. The molecule has 0 fully saturated rings. The number of rotatable bonds is 3. The Morgan fingerprint density at radius 3 is 2.94 bits per heavy atom. The highest BCUT2D eigenvalue weighted by Gasteiger charge is 2.28. The first-order valence-electron chi connectivity index (χ1n) is 5.73. The zero-order valence-electron chi connectivity index (χ0n) is 10.00. The summed E-state index contributed by atoms with van der Waals surface area (Å²) in [5.74, 6) is 0.489. The quantitative estimate of drug-likeness (QED) is 0.935. The molecule has 1 atom stereocenters. The second-order valence-electron chi connectivity index (χ2n) is 4.21. The molecule has 18 heavy (non-hydrogen) atoms. The molecule has 1 aliphatic rings. The minimum atomic E-state index is 0.130. The SMILES string of the molecule is Cc1ccc(C2C=C(N)ON2Cc2cccs2)s1. The highest BCUT2D eigenvalue weighted by atomic mass is 32.1. The lowest BCUT2D eigenvalue weighted by Crippen LogP contribution is -2.22. The van der Waals surface area contributed by atoms with Crippen molar-refractivity contribution in [3.63, 3.8) is 0 Å². The van der Waals surface area contributed by atoms with Gasteiger partial charge in [-0.1, -0.05) is 6.07 Å². The summed E-state index contributed by atoms with van der Waals surface area (Å²) in [7, 11) is 0. The van der Waals surface area contributed by atoms with Crippen LogP contribution in [-0.2, 0) is 11.4 Å². The first-order chi connectivity index (χ1) is 8.72.